The highest BCUT2D eigenvalue weighted by Gasteiger charge is 2.47. The van der Waals surface area contributed by atoms with Gasteiger partial charge in [0, 0.05) is 51.9 Å². The second kappa shape index (κ2) is 12.6. The van der Waals surface area contributed by atoms with E-state index < -0.39 is 0 Å². The molecule has 11 aromatic carbocycles. The Morgan fingerprint density at radius 3 is 0.952 bits per heavy atom. The highest BCUT2D eigenvalue weighted by atomic mass is 32.1. The van der Waals surface area contributed by atoms with Crippen molar-refractivity contribution in [3.63, 3.8) is 0 Å². The molecule has 0 spiro atoms. The standard InChI is InChI=1S/C58H33BN2S2/c1-3-18-38-34(16-1)36-20-5-7-22-40(36)52-42(38)26-13-28-46(52)60-48-30-15-31-49-54(48)59(57-55(60)44-24-9-11-32-50(44)62-57)58-56(45-25-10-12-33-51(45)63-58)61(49)47-29-14-27-43-39-19-4-2-17-35(39)37-21-6-8-23-41(37)53(43)47/h1-33H. The first-order valence-electron chi connectivity index (χ1n) is 21.7. The number of hydrogen-bond donors (Lipinski definition) is 0. The normalized spacial score (nSPS) is 13.3. The number of fused-ring (bicyclic) bond motifs is 20. The third kappa shape index (κ3) is 4.43. The van der Waals surface area contributed by atoms with E-state index in [4.69, 9.17) is 0 Å². The van der Waals surface area contributed by atoms with Crippen LogP contribution in [-0.2, 0) is 0 Å². The molecular formula is C58H33BN2S2. The number of nitrogens with zero attached hydrogens (tertiary/aromatic N) is 2. The van der Waals surface area contributed by atoms with Crippen molar-refractivity contribution < 1.29 is 0 Å². The fourth-order valence-corrected chi connectivity index (χ4v) is 14.2. The summed E-state index contributed by atoms with van der Waals surface area (Å²) in [5.41, 5.74) is 8.86. The van der Waals surface area contributed by atoms with E-state index >= 15 is 0 Å². The smallest absolute Gasteiger partial charge is 0.277 e. The minimum atomic E-state index is 0.0589. The molecule has 13 aromatic rings. The van der Waals surface area contributed by atoms with Crippen molar-refractivity contribution in [2.24, 2.45) is 0 Å². The Labute approximate surface area is 371 Å². The van der Waals surface area contributed by atoms with E-state index in [2.05, 4.69) is 210 Å². The van der Waals surface area contributed by atoms with Gasteiger partial charge in [0.2, 0.25) is 0 Å². The topological polar surface area (TPSA) is 6.48 Å². The molecule has 0 N–H and O–H groups in total. The maximum absolute atomic E-state index is 2.65. The number of hydrogen-bond acceptors (Lipinski definition) is 4. The maximum atomic E-state index is 2.65. The first kappa shape index (κ1) is 34.2. The van der Waals surface area contributed by atoms with Crippen LogP contribution in [0, 0.1) is 0 Å². The molecular weight excluding hydrogens is 800 g/mol. The molecule has 0 atom stereocenters. The minimum absolute atomic E-state index is 0.0589. The summed E-state index contributed by atoms with van der Waals surface area (Å²) in [4.78, 5) is 5.30. The van der Waals surface area contributed by atoms with Crippen LogP contribution in [0.15, 0.2) is 200 Å². The van der Waals surface area contributed by atoms with E-state index in [1.54, 1.807) is 0 Å². The van der Waals surface area contributed by atoms with Crippen LogP contribution in [0.4, 0.5) is 34.1 Å². The second-order valence-electron chi connectivity index (χ2n) is 17.0. The lowest BCUT2D eigenvalue weighted by atomic mass is 9.39. The Morgan fingerprint density at radius 2 is 0.556 bits per heavy atom. The van der Waals surface area contributed by atoms with Gasteiger partial charge in [0.1, 0.15) is 0 Å². The van der Waals surface area contributed by atoms with E-state index in [-0.39, 0.29) is 6.71 Å². The molecule has 0 amide bonds. The minimum Gasteiger partial charge on any atom is -0.309 e. The molecule has 0 bridgehead atoms. The van der Waals surface area contributed by atoms with Crippen LogP contribution in [0.5, 0.6) is 0 Å². The molecule has 15 rings (SSSR count). The zero-order chi connectivity index (χ0) is 40.9. The van der Waals surface area contributed by atoms with Gasteiger partial charge in [0.05, 0.1) is 22.7 Å². The molecule has 5 heteroatoms. The van der Waals surface area contributed by atoms with Gasteiger partial charge in [-0.2, -0.15) is 0 Å². The fourth-order valence-electron chi connectivity index (χ4n) is 11.5. The quantitative estimate of drug-likeness (QED) is 0.126. The van der Waals surface area contributed by atoms with Gasteiger partial charge >= 0.3 is 0 Å². The van der Waals surface area contributed by atoms with Gasteiger partial charge < -0.3 is 9.80 Å². The van der Waals surface area contributed by atoms with E-state index in [0.717, 1.165) is 0 Å². The first-order valence-corrected chi connectivity index (χ1v) is 23.4. The summed E-state index contributed by atoms with van der Waals surface area (Å²) in [5, 5.41) is 18.0. The lowest BCUT2D eigenvalue weighted by Crippen LogP contribution is -2.59. The van der Waals surface area contributed by atoms with Crippen molar-refractivity contribution in [1.29, 1.82) is 0 Å². The predicted molar refractivity (Wildman–Crippen MR) is 276 cm³/mol. The molecule has 63 heavy (non-hydrogen) atoms. The van der Waals surface area contributed by atoms with Gasteiger partial charge in [-0.3, -0.25) is 0 Å². The summed E-state index contributed by atoms with van der Waals surface area (Å²) in [7, 11) is 0. The van der Waals surface area contributed by atoms with Crippen LogP contribution in [0.1, 0.15) is 0 Å². The Kier molecular flexibility index (Phi) is 6.83. The van der Waals surface area contributed by atoms with Crippen LogP contribution in [0.2, 0.25) is 0 Å². The summed E-state index contributed by atoms with van der Waals surface area (Å²) in [6, 6.07) is 75.1. The van der Waals surface area contributed by atoms with E-state index in [9.17, 15) is 0 Å². The molecule has 0 fully saturated rings. The Morgan fingerprint density at radius 1 is 0.270 bits per heavy atom. The highest BCUT2D eigenvalue weighted by Crippen LogP contribution is 2.54. The van der Waals surface area contributed by atoms with Crippen molar-refractivity contribution in [2.75, 3.05) is 9.80 Å². The van der Waals surface area contributed by atoms with Crippen LogP contribution < -0.4 is 24.8 Å². The molecule has 0 radical (unpaired) electrons. The summed E-state index contributed by atoms with van der Waals surface area (Å²) in [5.74, 6) is 0. The molecule has 2 aliphatic rings. The molecule has 2 aromatic heterocycles. The largest absolute Gasteiger partial charge is 0.309 e. The fraction of sp³-hybridized carbons (Fsp3) is 0. The molecule has 2 aliphatic heterocycles. The molecule has 0 unspecified atom stereocenters. The molecule has 0 saturated heterocycles. The number of benzene rings is 11. The van der Waals surface area contributed by atoms with Crippen LogP contribution in [0.25, 0.3) is 84.8 Å². The Bertz CT molecular complexity index is 3790. The molecule has 4 heterocycles. The number of anilines is 6. The third-order valence-electron chi connectivity index (χ3n) is 14.0. The van der Waals surface area contributed by atoms with E-state index in [1.165, 1.54) is 134 Å². The van der Waals surface area contributed by atoms with E-state index in [1.807, 2.05) is 22.7 Å². The average molecular weight is 833 g/mol. The zero-order valence-corrected chi connectivity index (χ0v) is 35.5. The molecule has 2 nitrogen and oxygen atoms in total. The number of rotatable bonds is 2. The molecule has 0 saturated carbocycles. The van der Waals surface area contributed by atoms with Gasteiger partial charge in [-0.25, -0.2) is 0 Å². The van der Waals surface area contributed by atoms with Gasteiger partial charge in [-0.15, -0.1) is 22.7 Å². The Balaban J connectivity index is 1.11. The maximum Gasteiger partial charge on any atom is 0.277 e. The predicted octanol–water partition coefficient (Wildman–Crippen LogP) is 15.1. The second-order valence-corrected chi connectivity index (χ2v) is 19.2. The van der Waals surface area contributed by atoms with Crippen LogP contribution in [-0.4, -0.2) is 6.71 Å². The molecule has 0 aliphatic carbocycles. The van der Waals surface area contributed by atoms with Gasteiger partial charge in [-0.05, 0) is 95.7 Å². The van der Waals surface area contributed by atoms with Crippen molar-refractivity contribution in [3.05, 3.63) is 200 Å². The summed E-state index contributed by atoms with van der Waals surface area (Å²) in [6.07, 6.45) is 0. The van der Waals surface area contributed by atoms with Crippen molar-refractivity contribution in [3.8, 4) is 0 Å². The highest BCUT2D eigenvalue weighted by molar-refractivity contribution is 7.40. The summed E-state index contributed by atoms with van der Waals surface area (Å²) < 4.78 is 5.44. The van der Waals surface area contributed by atoms with Crippen molar-refractivity contribution in [1.82, 2.24) is 0 Å². The van der Waals surface area contributed by atoms with Gasteiger partial charge in [0.15, 0.2) is 0 Å². The SMILES string of the molecule is c1cc2c3c(c1)N(c1cccc4c5ccccc5c5ccccc5c14)c1c(sc4ccccc14)B3c1sc3ccccc3c1N2c1cccc2c3ccccc3c3ccccc3c12. The monoisotopic (exact) mass is 832 g/mol. The summed E-state index contributed by atoms with van der Waals surface area (Å²) >= 11 is 3.94. The first-order chi connectivity index (χ1) is 31.3. The molecule has 290 valence electrons. The lowest BCUT2D eigenvalue weighted by Gasteiger charge is -2.42. The number of thiophene rings is 2. The zero-order valence-electron chi connectivity index (χ0n) is 33.8. The van der Waals surface area contributed by atoms with Gasteiger partial charge in [0.25, 0.3) is 6.71 Å². The Hall–Kier alpha value is -7.44. The van der Waals surface area contributed by atoms with Crippen LogP contribution in [0.3, 0.4) is 0 Å². The van der Waals surface area contributed by atoms with E-state index in [0.29, 0.717) is 0 Å². The third-order valence-corrected chi connectivity index (χ3v) is 16.4. The average Bonchev–Trinajstić information content (AvgIpc) is 3.93. The lowest BCUT2D eigenvalue weighted by molar-refractivity contribution is 1.29. The van der Waals surface area contributed by atoms with Crippen molar-refractivity contribution in [2.45, 2.75) is 0 Å². The summed E-state index contributed by atoms with van der Waals surface area (Å²) in [6.45, 7) is 0.0589. The van der Waals surface area contributed by atoms with Crippen LogP contribution >= 0.6 is 22.7 Å². The van der Waals surface area contributed by atoms with Gasteiger partial charge in [-0.1, -0.05) is 164 Å². The van der Waals surface area contributed by atoms with Crippen molar-refractivity contribution >= 4 is 163 Å².